The fourth-order valence-electron chi connectivity index (χ4n) is 2.61. The molecule has 1 atom stereocenters. The van der Waals surface area contributed by atoms with Crippen molar-refractivity contribution in [2.45, 2.75) is 32.8 Å². The van der Waals surface area contributed by atoms with E-state index in [4.69, 9.17) is 9.47 Å². The zero-order chi connectivity index (χ0) is 16.4. The first-order valence-corrected chi connectivity index (χ1v) is 8.25. The SMILES string of the molecule is COc1ccc(C)cc1OC1CC(C(P)=NC2=NN=C(C)[B]2)C1. The molecule has 3 rings (SSSR count). The molecule has 0 N–H and O–H groups in total. The van der Waals surface area contributed by atoms with Gasteiger partial charge in [0.1, 0.15) is 11.8 Å². The lowest BCUT2D eigenvalue weighted by Gasteiger charge is -2.35. The zero-order valence-electron chi connectivity index (χ0n) is 13.6. The lowest BCUT2D eigenvalue weighted by atomic mass is 9.72. The third-order valence-electron chi connectivity index (χ3n) is 4.02. The summed E-state index contributed by atoms with van der Waals surface area (Å²) in [5.74, 6) is 2.01. The number of amidine groups is 1. The normalized spacial score (nSPS) is 23.6. The van der Waals surface area contributed by atoms with Crippen LogP contribution in [0.25, 0.3) is 0 Å². The first-order chi connectivity index (χ1) is 11.0. The average molecular weight is 328 g/mol. The summed E-state index contributed by atoms with van der Waals surface area (Å²) in [4.78, 5) is 4.52. The van der Waals surface area contributed by atoms with Crippen LogP contribution in [0.4, 0.5) is 0 Å². The van der Waals surface area contributed by atoms with Crippen molar-refractivity contribution in [1.29, 1.82) is 0 Å². The van der Waals surface area contributed by atoms with Gasteiger partial charge in [0.2, 0.25) is 0 Å². The van der Waals surface area contributed by atoms with E-state index >= 15 is 0 Å². The number of ether oxygens (including phenoxy) is 2. The van der Waals surface area contributed by atoms with E-state index in [2.05, 4.69) is 24.4 Å². The van der Waals surface area contributed by atoms with E-state index in [0.717, 1.165) is 41.0 Å². The van der Waals surface area contributed by atoms with E-state index in [0.29, 0.717) is 11.7 Å². The quantitative estimate of drug-likeness (QED) is 0.485. The van der Waals surface area contributed by atoms with Crippen LogP contribution >= 0.6 is 9.24 Å². The van der Waals surface area contributed by atoms with Crippen molar-refractivity contribution >= 4 is 33.3 Å². The van der Waals surface area contributed by atoms with Gasteiger partial charge in [0.05, 0.1) is 7.11 Å². The predicted molar refractivity (Wildman–Crippen MR) is 98.3 cm³/mol. The maximum atomic E-state index is 6.07. The molecule has 0 spiro atoms. The number of hydrogen-bond acceptors (Lipinski definition) is 5. The third-order valence-corrected chi connectivity index (χ3v) is 4.62. The van der Waals surface area contributed by atoms with E-state index in [9.17, 15) is 0 Å². The number of methoxy groups -OCH3 is 1. The van der Waals surface area contributed by atoms with Crippen LogP contribution in [-0.4, -0.2) is 37.3 Å². The minimum absolute atomic E-state index is 0.203. The largest absolute Gasteiger partial charge is 0.493 e. The van der Waals surface area contributed by atoms with E-state index in [1.165, 1.54) is 0 Å². The molecular weight excluding hydrogens is 308 g/mol. The second-order valence-electron chi connectivity index (χ2n) is 5.94. The summed E-state index contributed by atoms with van der Waals surface area (Å²) in [6.45, 7) is 3.96. The number of rotatable bonds is 4. The number of aryl methyl sites for hydroxylation is 1. The van der Waals surface area contributed by atoms with Gasteiger partial charge in [-0.1, -0.05) is 15.3 Å². The number of benzene rings is 1. The maximum Gasteiger partial charge on any atom is 0.267 e. The van der Waals surface area contributed by atoms with Crippen molar-refractivity contribution in [2.24, 2.45) is 21.1 Å². The monoisotopic (exact) mass is 328 g/mol. The Morgan fingerprint density at radius 1 is 1.26 bits per heavy atom. The molecule has 23 heavy (non-hydrogen) atoms. The fourth-order valence-corrected chi connectivity index (χ4v) is 3.02. The summed E-state index contributed by atoms with van der Waals surface area (Å²) in [5, 5.41) is 7.98. The topological polar surface area (TPSA) is 55.5 Å². The second-order valence-corrected chi connectivity index (χ2v) is 6.53. The van der Waals surface area contributed by atoms with Gasteiger partial charge in [-0.3, -0.25) is 0 Å². The molecule has 1 radical (unpaired) electrons. The average Bonchev–Trinajstić information content (AvgIpc) is 2.87. The highest BCUT2D eigenvalue weighted by molar-refractivity contribution is 7.41. The van der Waals surface area contributed by atoms with Gasteiger partial charge in [-0.2, -0.15) is 5.10 Å². The molecule has 1 aromatic carbocycles. The molecule has 0 aromatic heterocycles. The fraction of sp³-hybridized carbons (Fsp3) is 0.438. The van der Waals surface area contributed by atoms with Crippen molar-refractivity contribution in [3.8, 4) is 11.5 Å². The van der Waals surface area contributed by atoms with Crippen LogP contribution in [0.5, 0.6) is 11.5 Å². The Bertz CT molecular complexity index is 697. The van der Waals surface area contributed by atoms with Crippen molar-refractivity contribution in [2.75, 3.05) is 7.11 Å². The highest BCUT2D eigenvalue weighted by Gasteiger charge is 2.33. The van der Waals surface area contributed by atoms with Crippen LogP contribution in [0.15, 0.2) is 33.4 Å². The molecule has 0 bridgehead atoms. The Balaban J connectivity index is 1.55. The molecule has 1 aliphatic heterocycles. The van der Waals surface area contributed by atoms with Crippen LogP contribution in [0.2, 0.25) is 0 Å². The van der Waals surface area contributed by atoms with Gasteiger partial charge in [-0.05, 0) is 44.4 Å². The molecule has 1 fully saturated rings. The first kappa shape index (κ1) is 16.2. The predicted octanol–water partition coefficient (Wildman–Crippen LogP) is 2.84. The molecule has 1 aliphatic carbocycles. The summed E-state index contributed by atoms with van der Waals surface area (Å²) in [7, 11) is 6.27. The van der Waals surface area contributed by atoms with Crippen LogP contribution in [0.3, 0.4) is 0 Å². The highest BCUT2D eigenvalue weighted by Crippen LogP contribution is 2.37. The van der Waals surface area contributed by atoms with Crippen LogP contribution in [0, 0.1) is 12.8 Å². The van der Waals surface area contributed by atoms with Crippen molar-refractivity contribution < 1.29 is 9.47 Å². The molecule has 1 aromatic rings. The Kier molecular flexibility index (Phi) is 4.81. The molecule has 7 heteroatoms. The summed E-state index contributed by atoms with van der Waals surface area (Å²) in [6.07, 6.45) is 2.10. The second kappa shape index (κ2) is 6.83. The Hall–Kier alpha value is -1.68. The van der Waals surface area contributed by atoms with E-state index in [-0.39, 0.29) is 6.10 Å². The van der Waals surface area contributed by atoms with Gasteiger partial charge < -0.3 is 9.47 Å². The van der Waals surface area contributed by atoms with Gasteiger partial charge in [0, 0.05) is 17.0 Å². The summed E-state index contributed by atoms with van der Waals surface area (Å²) in [6, 6.07) is 5.98. The molecule has 0 saturated heterocycles. The van der Waals surface area contributed by atoms with Gasteiger partial charge in [0.15, 0.2) is 11.5 Å². The number of aliphatic imine (C=N–C) groups is 1. The Morgan fingerprint density at radius 3 is 2.70 bits per heavy atom. The third kappa shape index (κ3) is 3.81. The lowest BCUT2D eigenvalue weighted by molar-refractivity contribution is 0.0918. The van der Waals surface area contributed by atoms with Crippen molar-refractivity contribution in [3.05, 3.63) is 23.8 Å². The van der Waals surface area contributed by atoms with Crippen LogP contribution in [-0.2, 0) is 0 Å². The van der Waals surface area contributed by atoms with E-state index in [1.54, 1.807) is 7.11 Å². The van der Waals surface area contributed by atoms with Crippen molar-refractivity contribution in [1.82, 2.24) is 0 Å². The van der Waals surface area contributed by atoms with Gasteiger partial charge in [-0.15, -0.1) is 5.10 Å². The minimum Gasteiger partial charge on any atom is -0.493 e. The lowest BCUT2D eigenvalue weighted by Crippen LogP contribution is -2.37. The molecule has 1 heterocycles. The molecule has 1 unspecified atom stereocenters. The van der Waals surface area contributed by atoms with Gasteiger partial charge in [-0.25, -0.2) is 4.99 Å². The number of nitrogens with zero attached hydrogens (tertiary/aromatic N) is 3. The molecule has 119 valence electrons. The molecular formula is C16H20BN3O2P. The summed E-state index contributed by atoms with van der Waals surface area (Å²) < 4.78 is 11.4. The minimum atomic E-state index is 0.203. The number of hydrogen-bond donors (Lipinski definition) is 0. The molecule has 0 amide bonds. The molecule has 1 saturated carbocycles. The summed E-state index contributed by atoms with van der Waals surface area (Å²) >= 11 is 0. The summed E-state index contributed by atoms with van der Waals surface area (Å²) in [5.41, 5.74) is 3.75. The van der Waals surface area contributed by atoms with Crippen molar-refractivity contribution in [3.63, 3.8) is 0 Å². The van der Waals surface area contributed by atoms with E-state index in [1.807, 2.05) is 39.3 Å². The van der Waals surface area contributed by atoms with Gasteiger partial charge in [0.25, 0.3) is 7.28 Å². The molecule has 2 aliphatic rings. The first-order valence-electron chi connectivity index (χ1n) is 7.67. The van der Waals surface area contributed by atoms with E-state index < -0.39 is 0 Å². The van der Waals surface area contributed by atoms with Crippen LogP contribution in [0.1, 0.15) is 25.3 Å². The Morgan fingerprint density at radius 2 is 2.04 bits per heavy atom. The maximum absolute atomic E-state index is 6.07. The molecule has 5 nitrogen and oxygen atoms in total. The zero-order valence-corrected chi connectivity index (χ0v) is 14.8. The highest BCUT2D eigenvalue weighted by atomic mass is 31.0. The van der Waals surface area contributed by atoms with Gasteiger partial charge >= 0.3 is 0 Å². The Labute approximate surface area is 139 Å². The smallest absolute Gasteiger partial charge is 0.267 e. The standard InChI is InChI=1S/C16H20BN3O2P/c1-9-4-5-13(21-3)14(6-9)22-12-7-11(8-12)15(23)18-16-17-10(2)19-20-16/h4-6,11-12H,7-8,23H2,1-3H3. The van der Waals surface area contributed by atoms with Crippen LogP contribution < -0.4 is 9.47 Å².